The van der Waals surface area contributed by atoms with Crippen LogP contribution in [0.2, 0.25) is 0 Å². The van der Waals surface area contributed by atoms with Crippen molar-refractivity contribution in [3.8, 4) is 5.75 Å². The summed E-state index contributed by atoms with van der Waals surface area (Å²) in [4.78, 5) is 8.78. The van der Waals surface area contributed by atoms with Crippen LogP contribution in [-0.4, -0.2) is 43.3 Å². The van der Waals surface area contributed by atoms with Crippen LogP contribution < -0.4 is 20.1 Å². The van der Waals surface area contributed by atoms with E-state index in [1.165, 1.54) is 12.1 Å². The van der Waals surface area contributed by atoms with Crippen LogP contribution >= 0.6 is 15.9 Å². The van der Waals surface area contributed by atoms with Gasteiger partial charge in [0.2, 0.25) is 16.0 Å². The van der Waals surface area contributed by atoms with Gasteiger partial charge in [-0.05, 0) is 52.7 Å². The van der Waals surface area contributed by atoms with Gasteiger partial charge in [-0.2, -0.15) is 4.98 Å². The lowest BCUT2D eigenvalue weighted by atomic mass is 10.2. The zero-order valence-corrected chi connectivity index (χ0v) is 20.6. The summed E-state index contributed by atoms with van der Waals surface area (Å²) in [5.74, 6) is 1.50. The van der Waals surface area contributed by atoms with Gasteiger partial charge in [0.15, 0.2) is 0 Å². The first-order chi connectivity index (χ1) is 15.9. The number of nitrogens with zero attached hydrogens (tertiary/aromatic N) is 2. The minimum atomic E-state index is -3.71. The number of aromatic nitrogens is 2. The molecule has 11 heteroatoms. The second kappa shape index (κ2) is 11.4. The Kier molecular flexibility index (Phi) is 8.61. The van der Waals surface area contributed by atoms with E-state index in [1.807, 2.05) is 19.1 Å². The van der Waals surface area contributed by atoms with Crippen LogP contribution in [-0.2, 0) is 16.6 Å². The molecule has 33 heavy (non-hydrogen) atoms. The third-order valence-corrected chi connectivity index (χ3v) is 6.86. The Labute approximate surface area is 201 Å². The number of aliphatic hydroxyl groups is 1. The number of sulfonamides is 1. The molecular formula is C22H26BrN5O4S. The van der Waals surface area contributed by atoms with Gasteiger partial charge in [0, 0.05) is 24.0 Å². The minimum Gasteiger partial charge on any atom is -0.496 e. The molecular weight excluding hydrogens is 510 g/mol. The van der Waals surface area contributed by atoms with Crippen LogP contribution in [0.3, 0.4) is 0 Å². The molecule has 1 heterocycles. The summed E-state index contributed by atoms with van der Waals surface area (Å²) in [6, 6.07) is 13.4. The average Bonchev–Trinajstić information content (AvgIpc) is 2.83. The van der Waals surface area contributed by atoms with Gasteiger partial charge in [0.25, 0.3) is 0 Å². The number of para-hydroxylation sites is 1. The predicted molar refractivity (Wildman–Crippen MR) is 131 cm³/mol. The summed E-state index contributed by atoms with van der Waals surface area (Å²) in [6.07, 6.45) is 2.33. The van der Waals surface area contributed by atoms with Crippen molar-refractivity contribution in [2.75, 3.05) is 24.4 Å². The third-order valence-electron chi connectivity index (χ3n) is 4.86. The van der Waals surface area contributed by atoms with Crippen molar-refractivity contribution < 1.29 is 18.3 Å². The van der Waals surface area contributed by atoms with E-state index in [9.17, 15) is 13.5 Å². The van der Waals surface area contributed by atoms with Crippen LogP contribution in [0.1, 0.15) is 18.9 Å². The van der Waals surface area contributed by atoms with Crippen molar-refractivity contribution in [1.29, 1.82) is 0 Å². The van der Waals surface area contributed by atoms with Crippen LogP contribution in [0.15, 0.2) is 64.1 Å². The van der Waals surface area contributed by atoms with Crippen LogP contribution in [0.5, 0.6) is 5.75 Å². The Balaban J connectivity index is 1.68. The highest BCUT2D eigenvalue weighted by molar-refractivity contribution is 9.10. The Morgan fingerprint density at radius 2 is 1.88 bits per heavy atom. The fourth-order valence-electron chi connectivity index (χ4n) is 2.95. The third kappa shape index (κ3) is 6.64. The van der Waals surface area contributed by atoms with E-state index in [4.69, 9.17) is 4.74 Å². The van der Waals surface area contributed by atoms with Crippen molar-refractivity contribution >= 4 is 43.4 Å². The Morgan fingerprint density at radius 1 is 1.15 bits per heavy atom. The second-order valence-corrected chi connectivity index (χ2v) is 9.73. The quantitative estimate of drug-likeness (QED) is 0.293. The van der Waals surface area contributed by atoms with E-state index in [-0.39, 0.29) is 24.1 Å². The molecule has 1 aromatic heterocycles. The number of halogens is 1. The summed E-state index contributed by atoms with van der Waals surface area (Å²) in [7, 11) is -2.17. The number of nitrogens with one attached hydrogen (secondary N) is 3. The first-order valence-electron chi connectivity index (χ1n) is 10.2. The minimum absolute atomic E-state index is 0.0171. The van der Waals surface area contributed by atoms with Gasteiger partial charge in [-0.15, -0.1) is 0 Å². The SMILES string of the molecule is CC[C@H](CO)Nc1nc(Nc2ccc(S(=O)(=O)NCc3ccccc3OC)cc2)ncc1Br. The van der Waals surface area contributed by atoms with Crippen molar-refractivity contribution in [1.82, 2.24) is 14.7 Å². The second-order valence-electron chi connectivity index (χ2n) is 7.11. The van der Waals surface area contributed by atoms with Gasteiger partial charge in [-0.1, -0.05) is 25.1 Å². The summed E-state index contributed by atoms with van der Waals surface area (Å²) in [5, 5.41) is 15.6. The molecule has 0 fully saturated rings. The van der Waals surface area contributed by atoms with E-state index in [0.717, 1.165) is 12.0 Å². The van der Waals surface area contributed by atoms with Gasteiger partial charge in [0.1, 0.15) is 11.6 Å². The van der Waals surface area contributed by atoms with Gasteiger partial charge < -0.3 is 20.5 Å². The van der Waals surface area contributed by atoms with E-state index in [2.05, 4.69) is 41.3 Å². The smallest absolute Gasteiger partial charge is 0.240 e. The molecule has 0 aliphatic carbocycles. The molecule has 0 radical (unpaired) electrons. The van der Waals surface area contributed by atoms with Crippen LogP contribution in [0, 0.1) is 0 Å². The van der Waals surface area contributed by atoms with Gasteiger partial charge in [-0.3, -0.25) is 0 Å². The summed E-state index contributed by atoms with van der Waals surface area (Å²) in [6.45, 7) is 2.06. The number of methoxy groups -OCH3 is 1. The Bertz CT molecular complexity index is 1170. The van der Waals surface area contributed by atoms with Crippen molar-refractivity contribution in [3.63, 3.8) is 0 Å². The molecule has 0 aliphatic rings. The number of rotatable bonds is 11. The maximum absolute atomic E-state index is 12.7. The van der Waals surface area contributed by atoms with E-state index in [0.29, 0.717) is 27.7 Å². The molecule has 0 amide bonds. The molecule has 4 N–H and O–H groups in total. The predicted octanol–water partition coefficient (Wildman–Crippen LogP) is 3.65. The molecule has 0 bridgehead atoms. The average molecular weight is 536 g/mol. The molecule has 0 aliphatic heterocycles. The number of ether oxygens (including phenoxy) is 1. The summed E-state index contributed by atoms with van der Waals surface area (Å²) < 4.78 is 33.9. The molecule has 3 aromatic rings. The highest BCUT2D eigenvalue weighted by Crippen LogP contribution is 2.24. The molecule has 0 saturated carbocycles. The number of anilines is 3. The lowest BCUT2D eigenvalue weighted by Gasteiger charge is -2.16. The summed E-state index contributed by atoms with van der Waals surface area (Å²) >= 11 is 3.40. The lowest BCUT2D eigenvalue weighted by Crippen LogP contribution is -2.23. The topological polar surface area (TPSA) is 125 Å². The zero-order valence-electron chi connectivity index (χ0n) is 18.2. The van der Waals surface area contributed by atoms with E-state index < -0.39 is 10.0 Å². The van der Waals surface area contributed by atoms with Gasteiger partial charge in [-0.25, -0.2) is 18.1 Å². The highest BCUT2D eigenvalue weighted by atomic mass is 79.9. The Hall–Kier alpha value is -2.73. The number of benzene rings is 2. The first kappa shape index (κ1) is 24.9. The lowest BCUT2D eigenvalue weighted by molar-refractivity contribution is 0.271. The van der Waals surface area contributed by atoms with Gasteiger partial charge in [0.05, 0.1) is 29.1 Å². The molecule has 176 valence electrons. The molecule has 0 saturated heterocycles. The van der Waals surface area contributed by atoms with E-state index >= 15 is 0 Å². The molecule has 0 unspecified atom stereocenters. The number of aliphatic hydroxyl groups excluding tert-OH is 1. The Morgan fingerprint density at radius 3 is 2.55 bits per heavy atom. The normalized spacial score (nSPS) is 12.2. The molecule has 1 atom stereocenters. The van der Waals surface area contributed by atoms with Gasteiger partial charge >= 0.3 is 0 Å². The fourth-order valence-corrected chi connectivity index (χ4v) is 4.26. The van der Waals surface area contributed by atoms with Crippen molar-refractivity contribution in [2.24, 2.45) is 0 Å². The number of hydrogen-bond acceptors (Lipinski definition) is 8. The van der Waals surface area contributed by atoms with Crippen LogP contribution in [0.25, 0.3) is 0 Å². The largest absolute Gasteiger partial charge is 0.496 e. The maximum atomic E-state index is 12.7. The monoisotopic (exact) mass is 535 g/mol. The van der Waals surface area contributed by atoms with Crippen molar-refractivity contribution in [2.45, 2.75) is 30.8 Å². The number of hydrogen-bond donors (Lipinski definition) is 4. The molecule has 0 spiro atoms. The standard InChI is InChI=1S/C22H26BrN5O4S/c1-3-16(14-29)26-21-19(23)13-24-22(28-21)27-17-8-10-18(11-9-17)33(30,31)25-12-15-6-4-5-7-20(15)32-2/h4-11,13,16,25,29H,3,12,14H2,1-2H3,(H2,24,26,27,28)/t16-/m1/s1. The van der Waals surface area contributed by atoms with Crippen molar-refractivity contribution in [3.05, 3.63) is 64.8 Å². The summed E-state index contributed by atoms with van der Waals surface area (Å²) in [5.41, 5.74) is 1.37. The zero-order chi connectivity index (χ0) is 23.8. The molecule has 2 aromatic carbocycles. The maximum Gasteiger partial charge on any atom is 0.240 e. The van der Waals surface area contributed by atoms with E-state index in [1.54, 1.807) is 37.6 Å². The van der Waals surface area contributed by atoms with Crippen LogP contribution in [0.4, 0.5) is 17.5 Å². The fraction of sp³-hybridized carbons (Fsp3) is 0.273. The molecule has 9 nitrogen and oxygen atoms in total. The molecule has 3 rings (SSSR count). The highest BCUT2D eigenvalue weighted by Gasteiger charge is 2.15. The first-order valence-corrected chi connectivity index (χ1v) is 12.5.